The van der Waals surface area contributed by atoms with Gasteiger partial charge in [0.15, 0.2) is 11.9 Å². The van der Waals surface area contributed by atoms with Crippen LogP contribution >= 0.6 is 12.2 Å². The number of benzene rings is 1. The van der Waals surface area contributed by atoms with Gasteiger partial charge in [0.25, 0.3) is 5.69 Å². The fourth-order valence-corrected chi connectivity index (χ4v) is 1.48. The first-order valence-electron chi connectivity index (χ1n) is 5.54. The third-order valence-corrected chi connectivity index (χ3v) is 2.36. The van der Waals surface area contributed by atoms with Crippen LogP contribution in [0.3, 0.4) is 0 Å². The normalized spacial score (nSPS) is 9.62. The first-order valence-corrected chi connectivity index (χ1v) is 5.95. The van der Waals surface area contributed by atoms with Gasteiger partial charge in [-0.2, -0.15) is 0 Å². The molecule has 0 aliphatic heterocycles. The number of nitro benzene ring substituents is 1. The Morgan fingerprint density at radius 3 is 2.71 bits per heavy atom. The lowest BCUT2D eigenvalue weighted by Gasteiger charge is -2.10. The van der Waals surface area contributed by atoms with Crippen LogP contribution in [0.2, 0.25) is 0 Å². The van der Waals surface area contributed by atoms with Crippen LogP contribution in [0.5, 0.6) is 5.75 Å². The highest BCUT2D eigenvalue weighted by Gasteiger charge is 2.17. The Morgan fingerprint density at radius 1 is 1.43 bits per heavy atom. The number of amides is 1. The number of methoxy groups -OCH3 is 2. The lowest BCUT2D eigenvalue weighted by Crippen LogP contribution is -2.34. The molecule has 0 aromatic heterocycles. The molecule has 1 amide bonds. The Labute approximate surface area is 125 Å². The van der Waals surface area contributed by atoms with E-state index >= 15 is 0 Å². The van der Waals surface area contributed by atoms with Gasteiger partial charge in [-0.25, -0.2) is 4.79 Å². The first kappa shape index (κ1) is 16.6. The van der Waals surface area contributed by atoms with Crippen molar-refractivity contribution in [3.8, 4) is 5.75 Å². The first-order chi connectivity index (χ1) is 9.97. The van der Waals surface area contributed by atoms with Crippen LogP contribution in [-0.4, -0.2) is 37.1 Å². The molecular weight excluding hydrogens is 302 g/mol. The standard InChI is InChI=1S/C11H13N3O6S/c1-18-6-20-7-3-4-8(9(5-7)14(16)17)12-10(21)13-11(15)19-2/h3-5H,6H2,1-2H3,(H2,12,13,15,21). The van der Waals surface area contributed by atoms with E-state index in [1.54, 1.807) is 0 Å². The number of nitro groups is 1. The predicted molar refractivity (Wildman–Crippen MR) is 77.4 cm³/mol. The highest BCUT2D eigenvalue weighted by molar-refractivity contribution is 7.80. The molecule has 114 valence electrons. The highest BCUT2D eigenvalue weighted by Crippen LogP contribution is 2.29. The Bertz CT molecular complexity index is 551. The average molecular weight is 315 g/mol. The molecule has 0 unspecified atom stereocenters. The van der Waals surface area contributed by atoms with Crippen molar-refractivity contribution in [3.63, 3.8) is 0 Å². The van der Waals surface area contributed by atoms with Gasteiger partial charge in [-0.15, -0.1) is 0 Å². The molecule has 9 nitrogen and oxygen atoms in total. The zero-order valence-corrected chi connectivity index (χ0v) is 12.1. The number of ether oxygens (including phenoxy) is 3. The molecule has 0 saturated carbocycles. The summed E-state index contributed by atoms with van der Waals surface area (Å²) in [5.74, 6) is 0.265. The zero-order chi connectivity index (χ0) is 15.8. The van der Waals surface area contributed by atoms with Crippen molar-refractivity contribution in [3.05, 3.63) is 28.3 Å². The van der Waals surface area contributed by atoms with E-state index in [0.29, 0.717) is 0 Å². The summed E-state index contributed by atoms with van der Waals surface area (Å²) < 4.78 is 14.2. The number of rotatable bonds is 5. The summed E-state index contributed by atoms with van der Waals surface area (Å²) in [4.78, 5) is 21.4. The van der Waals surface area contributed by atoms with E-state index in [9.17, 15) is 14.9 Å². The number of alkyl carbamates (subject to hydrolysis) is 1. The van der Waals surface area contributed by atoms with Crippen molar-refractivity contribution < 1.29 is 23.9 Å². The number of thiocarbonyl (C=S) groups is 1. The SMILES string of the molecule is COCOc1ccc(NC(=S)NC(=O)OC)c([N+](=O)[O-])c1. The Morgan fingerprint density at radius 2 is 2.14 bits per heavy atom. The molecule has 0 bridgehead atoms. The second kappa shape index (κ2) is 7.97. The van der Waals surface area contributed by atoms with Crippen LogP contribution in [0.4, 0.5) is 16.2 Å². The molecule has 1 rings (SSSR count). The second-order valence-corrected chi connectivity index (χ2v) is 3.97. The van der Waals surface area contributed by atoms with Gasteiger partial charge in [-0.1, -0.05) is 0 Å². The number of nitrogens with one attached hydrogen (secondary N) is 2. The van der Waals surface area contributed by atoms with Crippen molar-refractivity contribution in [1.29, 1.82) is 0 Å². The highest BCUT2D eigenvalue weighted by atomic mass is 32.1. The number of anilines is 1. The molecule has 0 radical (unpaired) electrons. The monoisotopic (exact) mass is 315 g/mol. The quantitative estimate of drug-likeness (QED) is 0.365. The summed E-state index contributed by atoms with van der Waals surface area (Å²) >= 11 is 4.83. The molecule has 0 saturated heterocycles. The summed E-state index contributed by atoms with van der Waals surface area (Å²) in [6.45, 7) is -0.0355. The Balaban J connectivity index is 2.88. The minimum atomic E-state index is -0.782. The van der Waals surface area contributed by atoms with E-state index in [-0.39, 0.29) is 29.0 Å². The van der Waals surface area contributed by atoms with Crippen LogP contribution in [0, 0.1) is 10.1 Å². The topological polar surface area (TPSA) is 112 Å². The number of hydrogen-bond acceptors (Lipinski definition) is 7. The zero-order valence-electron chi connectivity index (χ0n) is 11.2. The van der Waals surface area contributed by atoms with Gasteiger partial charge in [-0.05, 0) is 24.4 Å². The summed E-state index contributed by atoms with van der Waals surface area (Å²) in [7, 11) is 2.60. The van der Waals surface area contributed by atoms with Gasteiger partial charge < -0.3 is 19.5 Å². The van der Waals surface area contributed by atoms with Gasteiger partial charge in [0, 0.05) is 7.11 Å². The van der Waals surface area contributed by atoms with Crippen molar-refractivity contribution >= 4 is 34.8 Å². The van der Waals surface area contributed by atoms with Crippen molar-refractivity contribution in [2.75, 3.05) is 26.3 Å². The third kappa shape index (κ3) is 5.20. The molecule has 0 heterocycles. The minimum absolute atomic E-state index is 0.0355. The molecule has 0 atom stereocenters. The van der Waals surface area contributed by atoms with Crippen LogP contribution < -0.4 is 15.4 Å². The fourth-order valence-electron chi connectivity index (χ4n) is 1.28. The fraction of sp³-hybridized carbons (Fsp3) is 0.273. The molecule has 1 aromatic rings. The maximum absolute atomic E-state index is 11.0. The molecule has 1 aromatic carbocycles. The predicted octanol–water partition coefficient (Wildman–Crippen LogP) is 1.63. The van der Waals surface area contributed by atoms with Gasteiger partial charge >= 0.3 is 6.09 Å². The molecule has 0 fully saturated rings. The molecule has 0 aliphatic carbocycles. The number of nitrogens with zero attached hydrogens (tertiary/aromatic N) is 1. The molecular formula is C11H13N3O6S. The van der Waals surface area contributed by atoms with Crippen molar-refractivity contribution in [1.82, 2.24) is 5.32 Å². The Hall–Kier alpha value is -2.46. The summed E-state index contributed by atoms with van der Waals surface area (Å²) in [6, 6.07) is 4.10. The van der Waals surface area contributed by atoms with Gasteiger partial charge in [0.1, 0.15) is 11.4 Å². The lowest BCUT2D eigenvalue weighted by atomic mass is 10.2. The Kier molecular flexibility index (Phi) is 6.30. The van der Waals surface area contributed by atoms with Crippen molar-refractivity contribution in [2.45, 2.75) is 0 Å². The van der Waals surface area contributed by atoms with Gasteiger partial charge in [0.2, 0.25) is 0 Å². The van der Waals surface area contributed by atoms with Gasteiger partial charge in [-0.3, -0.25) is 15.4 Å². The molecule has 21 heavy (non-hydrogen) atoms. The maximum Gasteiger partial charge on any atom is 0.413 e. The van der Waals surface area contributed by atoms with E-state index in [0.717, 1.165) is 0 Å². The summed E-state index contributed by atoms with van der Waals surface area (Å²) in [5.41, 5.74) is -0.163. The second-order valence-electron chi connectivity index (χ2n) is 3.56. The number of carbonyl (C=O) groups is 1. The largest absolute Gasteiger partial charge is 0.467 e. The van der Waals surface area contributed by atoms with Crippen LogP contribution in [0.1, 0.15) is 0 Å². The number of hydrogen-bond donors (Lipinski definition) is 2. The third-order valence-electron chi connectivity index (χ3n) is 2.16. The summed E-state index contributed by atoms with van der Waals surface area (Å²) in [6.07, 6.45) is -0.782. The van der Waals surface area contributed by atoms with Crippen molar-refractivity contribution in [2.24, 2.45) is 0 Å². The number of carbonyl (C=O) groups excluding carboxylic acids is 1. The van der Waals surface area contributed by atoms with E-state index < -0.39 is 11.0 Å². The maximum atomic E-state index is 11.0. The van der Waals surface area contributed by atoms with E-state index in [1.807, 2.05) is 0 Å². The van der Waals surface area contributed by atoms with E-state index in [2.05, 4.69) is 15.4 Å². The van der Waals surface area contributed by atoms with Crippen LogP contribution in [0.25, 0.3) is 0 Å². The minimum Gasteiger partial charge on any atom is -0.467 e. The summed E-state index contributed by atoms with van der Waals surface area (Å²) in [5, 5.41) is 15.6. The average Bonchev–Trinajstić information content (AvgIpc) is 2.45. The molecule has 0 aliphatic rings. The molecule has 0 spiro atoms. The smallest absolute Gasteiger partial charge is 0.413 e. The lowest BCUT2D eigenvalue weighted by molar-refractivity contribution is -0.384. The molecule has 10 heteroatoms. The molecule has 2 N–H and O–H groups in total. The van der Waals surface area contributed by atoms with Gasteiger partial charge in [0.05, 0.1) is 18.1 Å². The van der Waals surface area contributed by atoms with E-state index in [4.69, 9.17) is 21.7 Å². The van der Waals surface area contributed by atoms with E-state index in [1.165, 1.54) is 32.4 Å². The van der Waals surface area contributed by atoms with Crippen LogP contribution in [0.15, 0.2) is 18.2 Å². The van der Waals surface area contributed by atoms with Crippen LogP contribution in [-0.2, 0) is 9.47 Å².